The molecule has 0 aliphatic carbocycles. The Morgan fingerprint density at radius 3 is 1.57 bits per heavy atom. The van der Waals surface area contributed by atoms with Gasteiger partial charge >= 0.3 is 0 Å². The Balaban J connectivity index is 1.55. The van der Waals surface area contributed by atoms with Crippen LogP contribution in [0.5, 0.6) is 0 Å². The van der Waals surface area contributed by atoms with Gasteiger partial charge in [-0.3, -0.25) is 9.08 Å². The van der Waals surface area contributed by atoms with Crippen molar-refractivity contribution in [3.8, 4) is 0 Å². The van der Waals surface area contributed by atoms with E-state index in [2.05, 4.69) is 84.6 Å². The van der Waals surface area contributed by atoms with E-state index in [1.807, 2.05) is 25.1 Å². The molecule has 0 aromatic heterocycles. The van der Waals surface area contributed by atoms with Crippen molar-refractivity contribution < 1.29 is 12.6 Å². The summed E-state index contributed by atoms with van der Waals surface area (Å²) in [7, 11) is -3.85. The fraction of sp³-hybridized carbons (Fsp3) is 0.200. The van der Waals surface area contributed by atoms with Crippen molar-refractivity contribution in [3.63, 3.8) is 0 Å². The number of hydrogen-bond acceptors (Lipinski definition) is 4. The monoisotopic (exact) mass is 483 g/mol. The van der Waals surface area contributed by atoms with Crippen LogP contribution in [0.4, 0.5) is 0 Å². The van der Waals surface area contributed by atoms with Crippen LogP contribution in [-0.2, 0) is 19.8 Å². The number of rotatable bonds is 8. The van der Waals surface area contributed by atoms with Gasteiger partial charge < -0.3 is 0 Å². The molecule has 35 heavy (non-hydrogen) atoms. The largest absolute Gasteiger partial charge is 0.297 e. The molecule has 178 valence electrons. The molecule has 1 fully saturated rings. The predicted octanol–water partition coefficient (Wildman–Crippen LogP) is 5.77. The second-order valence-corrected chi connectivity index (χ2v) is 10.7. The van der Waals surface area contributed by atoms with Gasteiger partial charge in [0.1, 0.15) is 0 Å². The fourth-order valence-corrected chi connectivity index (χ4v) is 6.03. The zero-order valence-corrected chi connectivity index (χ0v) is 20.7. The summed E-state index contributed by atoms with van der Waals surface area (Å²) in [5.41, 5.74) is 3.82. The van der Waals surface area contributed by atoms with Crippen molar-refractivity contribution in [1.29, 1.82) is 0 Å². The second kappa shape index (κ2) is 9.42. The summed E-state index contributed by atoms with van der Waals surface area (Å²) in [6, 6.07) is 38.1. The van der Waals surface area contributed by atoms with Crippen LogP contribution >= 0.6 is 0 Å². The molecule has 5 heteroatoms. The van der Waals surface area contributed by atoms with Gasteiger partial charge in [-0.15, -0.1) is 0 Å². The molecular weight excluding hydrogens is 454 g/mol. The SMILES string of the molecule is Cc1ccc(S(=O)(=O)OC[C@@H]2[C@H](C)N2C(c2ccccc2)(c2ccccc2)c2ccccc2)cc1. The minimum absolute atomic E-state index is 0.0733. The lowest BCUT2D eigenvalue weighted by molar-refractivity contribution is 0.252. The average Bonchev–Trinajstić information content (AvgIpc) is 3.55. The topological polar surface area (TPSA) is 46.4 Å². The minimum Gasteiger partial charge on any atom is -0.275 e. The third-order valence-corrected chi connectivity index (χ3v) is 8.22. The Morgan fingerprint density at radius 1 is 0.714 bits per heavy atom. The highest BCUT2D eigenvalue weighted by Gasteiger charge is 2.58. The molecule has 0 bridgehead atoms. The Labute approximate surface area is 207 Å². The van der Waals surface area contributed by atoms with E-state index in [0.29, 0.717) is 0 Å². The van der Waals surface area contributed by atoms with Crippen molar-refractivity contribution in [2.45, 2.75) is 36.4 Å². The first-order valence-electron chi connectivity index (χ1n) is 11.9. The summed E-state index contributed by atoms with van der Waals surface area (Å²) in [6.07, 6.45) is 0. The van der Waals surface area contributed by atoms with Crippen LogP contribution in [-0.4, -0.2) is 32.0 Å². The molecular formula is C30H29NO3S. The maximum atomic E-state index is 12.9. The highest BCUT2D eigenvalue weighted by atomic mass is 32.2. The first kappa shape index (κ1) is 23.5. The van der Waals surface area contributed by atoms with Crippen LogP contribution in [0, 0.1) is 6.92 Å². The van der Waals surface area contributed by atoms with Gasteiger partial charge in [0.15, 0.2) is 0 Å². The second-order valence-electron chi connectivity index (χ2n) is 9.08. The standard InChI is InChI=1S/C30H29NO3S/c1-23-18-20-28(21-19-23)35(32,33)34-22-29-24(2)31(29)30(25-12-6-3-7-13-25,26-14-8-4-9-15-26)27-16-10-5-11-17-27/h3-21,24,29H,22H2,1-2H3/t24-,29+,31?/m0/s1. The number of hydrogen-bond donors (Lipinski definition) is 0. The lowest BCUT2D eigenvalue weighted by Gasteiger charge is -2.38. The summed E-state index contributed by atoms with van der Waals surface area (Å²) in [5.74, 6) is 0. The summed E-state index contributed by atoms with van der Waals surface area (Å²) >= 11 is 0. The number of nitrogens with zero attached hydrogens (tertiary/aromatic N) is 1. The van der Waals surface area contributed by atoms with Crippen molar-refractivity contribution in [2.75, 3.05) is 6.61 Å². The Kier molecular flexibility index (Phi) is 6.32. The molecule has 0 saturated carbocycles. The number of aryl methyl sites for hydroxylation is 1. The third-order valence-electron chi connectivity index (χ3n) is 6.93. The van der Waals surface area contributed by atoms with Crippen LogP contribution in [0.2, 0.25) is 0 Å². The van der Waals surface area contributed by atoms with Crippen molar-refractivity contribution in [2.24, 2.45) is 0 Å². The van der Waals surface area contributed by atoms with Gasteiger partial charge in [-0.2, -0.15) is 8.42 Å². The van der Waals surface area contributed by atoms with E-state index in [0.717, 1.165) is 22.3 Å². The smallest absolute Gasteiger partial charge is 0.275 e. The normalized spacial score (nSPS) is 19.9. The van der Waals surface area contributed by atoms with Crippen molar-refractivity contribution in [3.05, 3.63) is 138 Å². The molecule has 0 amide bonds. The van der Waals surface area contributed by atoms with Crippen LogP contribution in [0.1, 0.15) is 29.2 Å². The van der Waals surface area contributed by atoms with E-state index in [1.54, 1.807) is 24.3 Å². The fourth-order valence-electron chi connectivity index (χ4n) is 5.10. The lowest BCUT2D eigenvalue weighted by atomic mass is 9.76. The summed E-state index contributed by atoms with van der Waals surface area (Å²) < 4.78 is 31.4. The molecule has 5 rings (SSSR count). The quantitative estimate of drug-likeness (QED) is 0.181. The van der Waals surface area contributed by atoms with E-state index >= 15 is 0 Å². The van der Waals surface area contributed by atoms with Crippen molar-refractivity contribution >= 4 is 10.1 Å². The maximum Gasteiger partial charge on any atom is 0.297 e. The molecule has 4 aromatic carbocycles. The lowest BCUT2D eigenvalue weighted by Crippen LogP contribution is -2.40. The van der Waals surface area contributed by atoms with Crippen LogP contribution in [0.25, 0.3) is 0 Å². The van der Waals surface area contributed by atoms with E-state index < -0.39 is 15.7 Å². The van der Waals surface area contributed by atoms with Gasteiger partial charge in [0.05, 0.1) is 23.1 Å². The minimum atomic E-state index is -3.85. The molecule has 1 unspecified atom stereocenters. The molecule has 0 N–H and O–H groups in total. The highest BCUT2D eigenvalue weighted by molar-refractivity contribution is 7.86. The van der Waals surface area contributed by atoms with E-state index in [1.165, 1.54) is 0 Å². The summed E-state index contributed by atoms with van der Waals surface area (Å²) in [5, 5.41) is 0. The molecule has 4 aromatic rings. The van der Waals surface area contributed by atoms with E-state index in [4.69, 9.17) is 4.18 Å². The third kappa shape index (κ3) is 4.31. The van der Waals surface area contributed by atoms with Crippen molar-refractivity contribution in [1.82, 2.24) is 4.90 Å². The summed E-state index contributed by atoms with van der Waals surface area (Å²) in [6.45, 7) is 4.15. The van der Waals surface area contributed by atoms with Gasteiger partial charge in [-0.1, -0.05) is 109 Å². The summed E-state index contributed by atoms with van der Waals surface area (Å²) in [4.78, 5) is 2.56. The molecule has 1 aliphatic rings. The zero-order valence-electron chi connectivity index (χ0n) is 19.9. The van der Waals surface area contributed by atoms with E-state index in [-0.39, 0.29) is 23.6 Å². The average molecular weight is 484 g/mol. The molecule has 1 heterocycles. The van der Waals surface area contributed by atoms with Gasteiger partial charge in [0.2, 0.25) is 0 Å². The molecule has 1 aliphatic heterocycles. The van der Waals surface area contributed by atoms with Gasteiger partial charge in [-0.25, -0.2) is 0 Å². The number of benzene rings is 4. The zero-order chi connectivity index (χ0) is 24.5. The van der Waals surface area contributed by atoms with Gasteiger partial charge in [0, 0.05) is 6.04 Å². The molecule has 3 atom stereocenters. The van der Waals surface area contributed by atoms with E-state index in [9.17, 15) is 8.42 Å². The Morgan fingerprint density at radius 2 is 1.14 bits per heavy atom. The van der Waals surface area contributed by atoms with Gasteiger partial charge in [-0.05, 0) is 42.7 Å². The maximum absolute atomic E-state index is 12.9. The molecule has 0 radical (unpaired) electrons. The van der Waals surface area contributed by atoms with Crippen LogP contribution < -0.4 is 0 Å². The Bertz CT molecular complexity index is 1280. The first-order chi connectivity index (χ1) is 16.9. The first-order valence-corrected chi connectivity index (χ1v) is 13.3. The van der Waals surface area contributed by atoms with Crippen LogP contribution in [0.3, 0.4) is 0 Å². The highest BCUT2D eigenvalue weighted by Crippen LogP contribution is 2.51. The molecule has 1 saturated heterocycles. The Hall–Kier alpha value is -3.25. The van der Waals surface area contributed by atoms with Gasteiger partial charge in [0.25, 0.3) is 10.1 Å². The van der Waals surface area contributed by atoms with Crippen LogP contribution in [0.15, 0.2) is 120 Å². The predicted molar refractivity (Wildman–Crippen MR) is 139 cm³/mol. The molecule has 4 nitrogen and oxygen atoms in total. The molecule has 0 spiro atoms.